The number of imidazole rings is 1. The minimum Gasteiger partial charge on any atom is -0.351 e. The van der Waals surface area contributed by atoms with Crippen LogP contribution in [0.25, 0.3) is 5.69 Å². The molecule has 1 N–H and O–H groups in total. The van der Waals surface area contributed by atoms with Crippen LogP contribution in [0.15, 0.2) is 36.8 Å². The number of nitrogens with zero attached hydrogens (tertiary/aromatic N) is 3. The number of likely N-dealkylation sites (tertiary alicyclic amines) is 1. The van der Waals surface area contributed by atoms with Crippen LogP contribution in [0, 0.1) is 0 Å². The smallest absolute Gasteiger partial charge is 0.255 e. The largest absolute Gasteiger partial charge is 0.351 e. The molecule has 8 heteroatoms. The Morgan fingerprint density at radius 1 is 1.23 bits per heavy atom. The number of para-hydroxylation sites is 1. The fourth-order valence-electron chi connectivity index (χ4n) is 2.89. The summed E-state index contributed by atoms with van der Waals surface area (Å²) in [6.45, 7) is 1.79. The van der Waals surface area contributed by atoms with Gasteiger partial charge in [-0.25, -0.2) is 13.8 Å². The summed E-state index contributed by atoms with van der Waals surface area (Å²) in [5.74, 6) is -3.12. The zero-order chi connectivity index (χ0) is 18.7. The number of carbonyl (C=O) groups excluding carboxylic acids is 2. The number of amides is 2. The maximum absolute atomic E-state index is 13.3. The maximum Gasteiger partial charge on any atom is 0.255 e. The number of aromatic nitrogens is 2. The van der Waals surface area contributed by atoms with E-state index < -0.39 is 5.92 Å². The van der Waals surface area contributed by atoms with E-state index in [1.165, 1.54) is 11.8 Å². The Balaban J connectivity index is 1.80. The molecule has 1 aromatic carbocycles. The molecule has 2 aromatic rings. The topological polar surface area (TPSA) is 67.2 Å². The number of alkyl halides is 2. The first kappa shape index (κ1) is 18.0. The Morgan fingerprint density at radius 2 is 1.92 bits per heavy atom. The Kier molecular flexibility index (Phi) is 5.01. The van der Waals surface area contributed by atoms with Gasteiger partial charge in [0.05, 0.1) is 29.8 Å². The molecular weight excluding hydrogens is 342 g/mol. The van der Waals surface area contributed by atoms with Gasteiger partial charge in [0.25, 0.3) is 11.8 Å². The van der Waals surface area contributed by atoms with Crippen LogP contribution in [0.5, 0.6) is 0 Å². The molecule has 1 saturated heterocycles. The van der Waals surface area contributed by atoms with Crippen molar-refractivity contribution < 1.29 is 18.4 Å². The van der Waals surface area contributed by atoms with E-state index in [1.54, 1.807) is 41.4 Å². The summed E-state index contributed by atoms with van der Waals surface area (Å²) in [6.07, 6.45) is 2.67. The number of carbonyl (C=O) groups is 2. The van der Waals surface area contributed by atoms with Crippen molar-refractivity contribution in [3.8, 4) is 5.69 Å². The van der Waals surface area contributed by atoms with Crippen LogP contribution >= 0.6 is 0 Å². The SMILES string of the molecule is CC(=O)NCc1cn(-c2ccccc2C(=O)N2CCC(F)(F)CC2)cn1. The molecule has 0 atom stereocenters. The van der Waals surface area contributed by atoms with Crippen LogP contribution in [-0.4, -0.2) is 45.3 Å². The monoisotopic (exact) mass is 362 g/mol. The molecule has 0 unspecified atom stereocenters. The zero-order valence-electron chi connectivity index (χ0n) is 14.4. The molecule has 1 aliphatic heterocycles. The lowest BCUT2D eigenvalue weighted by molar-refractivity contribution is -0.119. The lowest BCUT2D eigenvalue weighted by atomic mass is 10.0. The average molecular weight is 362 g/mol. The second kappa shape index (κ2) is 7.23. The summed E-state index contributed by atoms with van der Waals surface area (Å²) in [7, 11) is 0. The van der Waals surface area contributed by atoms with E-state index in [9.17, 15) is 18.4 Å². The van der Waals surface area contributed by atoms with Gasteiger partial charge in [-0.05, 0) is 12.1 Å². The molecule has 1 fully saturated rings. The normalized spacial score (nSPS) is 16.3. The number of hydrogen-bond donors (Lipinski definition) is 1. The van der Waals surface area contributed by atoms with E-state index in [-0.39, 0.29) is 37.7 Å². The summed E-state index contributed by atoms with van der Waals surface area (Å²) in [6, 6.07) is 6.99. The molecule has 0 radical (unpaired) electrons. The van der Waals surface area contributed by atoms with Gasteiger partial charge in [-0.1, -0.05) is 12.1 Å². The lowest BCUT2D eigenvalue weighted by Gasteiger charge is -2.32. The molecule has 0 bridgehead atoms. The van der Waals surface area contributed by atoms with Crippen molar-refractivity contribution in [2.45, 2.75) is 32.2 Å². The first-order chi connectivity index (χ1) is 12.4. The predicted molar refractivity (Wildman–Crippen MR) is 91.2 cm³/mol. The molecule has 0 saturated carbocycles. The summed E-state index contributed by atoms with van der Waals surface area (Å²) in [5, 5.41) is 2.66. The number of hydrogen-bond acceptors (Lipinski definition) is 3. The molecule has 0 aliphatic carbocycles. The van der Waals surface area contributed by atoms with Crippen LogP contribution in [0.4, 0.5) is 8.78 Å². The molecule has 2 amide bonds. The number of halogens is 2. The van der Waals surface area contributed by atoms with E-state index in [2.05, 4.69) is 10.3 Å². The van der Waals surface area contributed by atoms with Crippen molar-refractivity contribution in [1.82, 2.24) is 19.8 Å². The summed E-state index contributed by atoms with van der Waals surface area (Å²) >= 11 is 0. The second-order valence-corrected chi connectivity index (χ2v) is 6.35. The minimum absolute atomic E-state index is 0.0396. The molecule has 138 valence electrons. The Labute approximate surface area is 149 Å². The van der Waals surface area contributed by atoms with E-state index in [4.69, 9.17) is 0 Å². The summed E-state index contributed by atoms with van der Waals surface area (Å²) < 4.78 is 28.4. The molecule has 26 heavy (non-hydrogen) atoms. The predicted octanol–water partition coefficient (Wildman–Crippen LogP) is 2.38. The van der Waals surface area contributed by atoms with E-state index in [0.717, 1.165) is 0 Å². The molecular formula is C18H20F2N4O2. The third-order valence-electron chi connectivity index (χ3n) is 4.35. The van der Waals surface area contributed by atoms with Gasteiger partial charge < -0.3 is 14.8 Å². The lowest BCUT2D eigenvalue weighted by Crippen LogP contribution is -2.43. The molecule has 6 nitrogen and oxygen atoms in total. The first-order valence-electron chi connectivity index (χ1n) is 8.39. The van der Waals surface area contributed by atoms with Crippen LogP contribution in [-0.2, 0) is 11.3 Å². The fraction of sp³-hybridized carbons (Fsp3) is 0.389. The summed E-state index contributed by atoms with van der Waals surface area (Å²) in [4.78, 5) is 29.5. The highest BCUT2D eigenvalue weighted by Gasteiger charge is 2.36. The number of nitrogens with one attached hydrogen (secondary N) is 1. The van der Waals surface area contributed by atoms with Crippen molar-refractivity contribution in [1.29, 1.82) is 0 Å². The van der Waals surface area contributed by atoms with Crippen molar-refractivity contribution >= 4 is 11.8 Å². The molecule has 0 spiro atoms. The highest BCUT2D eigenvalue weighted by molar-refractivity contribution is 5.97. The second-order valence-electron chi connectivity index (χ2n) is 6.35. The number of benzene rings is 1. The van der Waals surface area contributed by atoms with Gasteiger partial charge in [0, 0.05) is 39.1 Å². The van der Waals surface area contributed by atoms with Gasteiger partial charge in [0.15, 0.2) is 0 Å². The zero-order valence-corrected chi connectivity index (χ0v) is 14.4. The van der Waals surface area contributed by atoms with Crippen LogP contribution in [0.3, 0.4) is 0 Å². The average Bonchev–Trinajstić information content (AvgIpc) is 3.08. The number of piperidine rings is 1. The third kappa shape index (κ3) is 4.07. The third-order valence-corrected chi connectivity index (χ3v) is 4.35. The van der Waals surface area contributed by atoms with E-state index in [1.807, 2.05) is 0 Å². The van der Waals surface area contributed by atoms with Crippen molar-refractivity contribution in [2.75, 3.05) is 13.1 Å². The fourth-order valence-corrected chi connectivity index (χ4v) is 2.89. The van der Waals surface area contributed by atoms with Gasteiger partial charge >= 0.3 is 0 Å². The Morgan fingerprint density at radius 3 is 2.62 bits per heavy atom. The minimum atomic E-state index is -2.70. The Bertz CT molecular complexity index is 809. The van der Waals surface area contributed by atoms with E-state index >= 15 is 0 Å². The van der Waals surface area contributed by atoms with Gasteiger partial charge in [-0.2, -0.15) is 0 Å². The number of rotatable bonds is 4. The van der Waals surface area contributed by atoms with Gasteiger partial charge in [-0.15, -0.1) is 0 Å². The van der Waals surface area contributed by atoms with Gasteiger partial charge in [0.2, 0.25) is 5.91 Å². The quantitative estimate of drug-likeness (QED) is 0.908. The van der Waals surface area contributed by atoms with Crippen LogP contribution in [0.2, 0.25) is 0 Å². The van der Waals surface area contributed by atoms with Gasteiger partial charge in [-0.3, -0.25) is 9.59 Å². The molecule has 2 heterocycles. The van der Waals surface area contributed by atoms with Gasteiger partial charge in [0.1, 0.15) is 0 Å². The Hall–Kier alpha value is -2.77. The van der Waals surface area contributed by atoms with E-state index in [0.29, 0.717) is 23.5 Å². The highest BCUT2D eigenvalue weighted by Crippen LogP contribution is 2.29. The maximum atomic E-state index is 13.3. The molecule has 1 aliphatic rings. The summed E-state index contributed by atoms with van der Waals surface area (Å²) in [5.41, 5.74) is 1.71. The standard InChI is InChI=1S/C18H20F2N4O2/c1-13(25)21-10-14-11-24(12-22-14)16-5-3-2-4-15(16)17(26)23-8-6-18(19,20)7-9-23/h2-5,11-12H,6-10H2,1H3,(H,21,25). The molecule has 1 aromatic heterocycles. The van der Waals surface area contributed by atoms with Crippen molar-refractivity contribution in [3.05, 3.63) is 48.0 Å². The van der Waals surface area contributed by atoms with Crippen LogP contribution in [0.1, 0.15) is 35.8 Å². The highest BCUT2D eigenvalue weighted by atomic mass is 19.3. The van der Waals surface area contributed by atoms with Crippen molar-refractivity contribution in [2.24, 2.45) is 0 Å². The molecule has 3 rings (SSSR count). The van der Waals surface area contributed by atoms with Crippen LogP contribution < -0.4 is 5.32 Å². The van der Waals surface area contributed by atoms with Crippen molar-refractivity contribution in [3.63, 3.8) is 0 Å². The first-order valence-corrected chi connectivity index (χ1v) is 8.39.